The fraction of sp³-hybridized carbons (Fsp3) is 0.438. The van der Waals surface area contributed by atoms with Crippen molar-refractivity contribution < 1.29 is 14.6 Å². The first kappa shape index (κ1) is 15.6. The summed E-state index contributed by atoms with van der Waals surface area (Å²) in [4.78, 5) is 4.34. The number of nitrogens with one attached hydrogen (secondary N) is 1. The number of benzene rings is 1. The number of aliphatic hydroxyl groups excluding tert-OH is 1. The highest BCUT2D eigenvalue weighted by Crippen LogP contribution is 2.30. The lowest BCUT2D eigenvalue weighted by molar-refractivity contribution is 0.116. The third-order valence-electron chi connectivity index (χ3n) is 4.12. The van der Waals surface area contributed by atoms with E-state index >= 15 is 0 Å². The smallest absolute Gasteiger partial charge is 0.243 e. The molecule has 1 aromatic heterocycles. The van der Waals surface area contributed by atoms with Crippen molar-refractivity contribution in [1.82, 2.24) is 15.2 Å². The zero-order chi connectivity index (χ0) is 16.4. The zero-order valence-corrected chi connectivity index (χ0v) is 12.8. The summed E-state index contributed by atoms with van der Waals surface area (Å²) in [6.45, 7) is 1.75. The Kier molecular flexibility index (Phi) is 4.38. The number of nitrogens with zero attached hydrogens (tertiary/aromatic N) is 3. The maximum Gasteiger partial charge on any atom is 0.243 e. The number of hydrogen-bond donors (Lipinski definition) is 3. The highest BCUT2D eigenvalue weighted by Gasteiger charge is 2.24. The summed E-state index contributed by atoms with van der Waals surface area (Å²) in [5, 5.41) is 31.1. The Hall–Kier alpha value is -2.28. The van der Waals surface area contributed by atoms with Crippen LogP contribution in [0.4, 0.5) is 10.3 Å². The van der Waals surface area contributed by atoms with Crippen LogP contribution >= 0.6 is 0 Å². The maximum atomic E-state index is 13.1. The van der Waals surface area contributed by atoms with E-state index in [2.05, 4.69) is 20.5 Å². The van der Waals surface area contributed by atoms with Crippen molar-refractivity contribution in [2.75, 3.05) is 5.32 Å². The second kappa shape index (κ2) is 6.45. The Labute approximate surface area is 133 Å². The Morgan fingerprint density at radius 3 is 2.70 bits per heavy atom. The van der Waals surface area contributed by atoms with Crippen LogP contribution in [0.2, 0.25) is 0 Å². The molecule has 0 saturated heterocycles. The molecule has 0 amide bonds. The number of anilines is 1. The summed E-state index contributed by atoms with van der Waals surface area (Å²) in [7, 11) is 0. The molecule has 3 rings (SSSR count). The molecule has 6 nitrogen and oxygen atoms in total. The minimum absolute atomic E-state index is 0.0741. The van der Waals surface area contributed by atoms with Crippen LogP contribution in [0, 0.1) is 12.7 Å². The highest BCUT2D eigenvalue weighted by molar-refractivity contribution is 5.68. The first-order valence-corrected chi connectivity index (χ1v) is 7.69. The van der Waals surface area contributed by atoms with E-state index in [1.54, 1.807) is 6.92 Å². The molecular weight excluding hydrogens is 299 g/mol. The molecule has 1 fully saturated rings. The lowest BCUT2D eigenvalue weighted by atomic mass is 9.93. The molecule has 1 aliphatic carbocycles. The van der Waals surface area contributed by atoms with Crippen molar-refractivity contribution >= 4 is 5.95 Å². The van der Waals surface area contributed by atoms with Gasteiger partial charge in [-0.3, -0.25) is 0 Å². The molecule has 3 N–H and O–H groups in total. The topological polar surface area (TPSA) is 91.2 Å². The van der Waals surface area contributed by atoms with E-state index in [1.807, 2.05) is 0 Å². The molecule has 0 unspecified atom stereocenters. The van der Waals surface area contributed by atoms with Crippen LogP contribution in [0.15, 0.2) is 18.2 Å². The Balaban J connectivity index is 1.83. The lowest BCUT2D eigenvalue weighted by Gasteiger charge is -2.28. The van der Waals surface area contributed by atoms with Gasteiger partial charge in [-0.15, -0.1) is 10.2 Å². The van der Waals surface area contributed by atoms with Crippen molar-refractivity contribution in [2.24, 2.45) is 0 Å². The molecule has 0 bridgehead atoms. The number of hydrogen-bond acceptors (Lipinski definition) is 6. The monoisotopic (exact) mass is 318 g/mol. The normalized spacial score (nSPS) is 21.2. The largest absolute Gasteiger partial charge is 0.507 e. The molecule has 23 heavy (non-hydrogen) atoms. The number of halogens is 1. The molecule has 0 radical (unpaired) electrons. The van der Waals surface area contributed by atoms with E-state index < -0.39 is 11.9 Å². The van der Waals surface area contributed by atoms with Crippen molar-refractivity contribution in [1.29, 1.82) is 0 Å². The summed E-state index contributed by atoms with van der Waals surface area (Å²) in [5.74, 6) is -0.374. The molecule has 2 aromatic rings. The van der Waals surface area contributed by atoms with Crippen LogP contribution in [0.3, 0.4) is 0 Å². The van der Waals surface area contributed by atoms with Crippen molar-refractivity contribution in [3.05, 3.63) is 29.7 Å². The van der Waals surface area contributed by atoms with Crippen LogP contribution in [0.1, 0.15) is 31.4 Å². The van der Waals surface area contributed by atoms with Gasteiger partial charge >= 0.3 is 0 Å². The van der Waals surface area contributed by atoms with Gasteiger partial charge in [0.2, 0.25) is 5.95 Å². The minimum atomic E-state index is -0.519. The van der Waals surface area contributed by atoms with E-state index in [0.717, 1.165) is 31.7 Å². The Morgan fingerprint density at radius 1 is 1.22 bits per heavy atom. The van der Waals surface area contributed by atoms with Crippen molar-refractivity contribution in [2.45, 2.75) is 44.8 Å². The van der Waals surface area contributed by atoms with Crippen LogP contribution in [0.5, 0.6) is 5.75 Å². The number of aliphatic hydroxyl groups is 1. The van der Waals surface area contributed by atoms with Crippen LogP contribution in [0.25, 0.3) is 11.3 Å². The van der Waals surface area contributed by atoms with E-state index in [9.17, 15) is 14.6 Å². The molecule has 7 heteroatoms. The summed E-state index contributed by atoms with van der Waals surface area (Å²) >= 11 is 0. The first-order valence-electron chi connectivity index (χ1n) is 7.69. The fourth-order valence-corrected chi connectivity index (χ4v) is 2.86. The third kappa shape index (κ3) is 3.39. The van der Waals surface area contributed by atoms with Gasteiger partial charge in [0.25, 0.3) is 0 Å². The second-order valence-electron chi connectivity index (χ2n) is 5.83. The average Bonchev–Trinajstić information content (AvgIpc) is 2.51. The lowest BCUT2D eigenvalue weighted by Crippen LogP contribution is -2.37. The van der Waals surface area contributed by atoms with Gasteiger partial charge in [-0.2, -0.15) is 0 Å². The van der Waals surface area contributed by atoms with Gasteiger partial charge in [-0.05, 0) is 31.9 Å². The number of aryl methyl sites for hydroxylation is 1. The van der Waals surface area contributed by atoms with Gasteiger partial charge in [0, 0.05) is 11.6 Å². The fourth-order valence-electron chi connectivity index (χ4n) is 2.86. The van der Waals surface area contributed by atoms with Crippen molar-refractivity contribution in [3.63, 3.8) is 0 Å². The van der Waals surface area contributed by atoms with E-state index in [-0.39, 0.29) is 11.8 Å². The second-order valence-corrected chi connectivity index (χ2v) is 5.83. The van der Waals surface area contributed by atoms with Crippen LogP contribution in [-0.2, 0) is 0 Å². The number of phenolic OH excluding ortho intramolecular Hbond substituents is 1. The van der Waals surface area contributed by atoms with Crippen molar-refractivity contribution in [3.8, 4) is 17.0 Å². The van der Waals surface area contributed by atoms with Gasteiger partial charge < -0.3 is 15.5 Å². The molecular formula is C16H19FN4O2. The van der Waals surface area contributed by atoms with Crippen LogP contribution < -0.4 is 5.32 Å². The number of aromatic nitrogens is 3. The summed E-state index contributed by atoms with van der Waals surface area (Å²) in [5.41, 5.74) is 1.35. The van der Waals surface area contributed by atoms with Gasteiger partial charge in [-0.25, -0.2) is 9.37 Å². The molecule has 1 aromatic carbocycles. The van der Waals surface area contributed by atoms with E-state index in [1.165, 1.54) is 12.1 Å². The maximum absolute atomic E-state index is 13.1. The van der Waals surface area contributed by atoms with Gasteiger partial charge in [0.05, 0.1) is 17.8 Å². The average molecular weight is 318 g/mol. The van der Waals surface area contributed by atoms with E-state index in [0.29, 0.717) is 22.9 Å². The molecule has 122 valence electrons. The number of rotatable bonds is 3. The highest BCUT2D eigenvalue weighted by atomic mass is 19.1. The molecule has 1 saturated carbocycles. The third-order valence-corrected chi connectivity index (χ3v) is 4.12. The zero-order valence-electron chi connectivity index (χ0n) is 12.8. The minimum Gasteiger partial charge on any atom is -0.507 e. The molecule has 1 aliphatic rings. The molecule has 0 spiro atoms. The first-order chi connectivity index (χ1) is 11.0. The summed E-state index contributed by atoms with van der Waals surface area (Å²) in [6.07, 6.45) is 3.31. The predicted molar refractivity (Wildman–Crippen MR) is 83.5 cm³/mol. The summed E-state index contributed by atoms with van der Waals surface area (Å²) < 4.78 is 13.1. The molecule has 2 atom stereocenters. The Bertz CT molecular complexity index is 710. The number of aromatic hydroxyl groups is 1. The van der Waals surface area contributed by atoms with E-state index in [4.69, 9.17) is 0 Å². The Morgan fingerprint density at radius 2 is 2.00 bits per heavy atom. The quantitative estimate of drug-likeness (QED) is 0.805. The predicted octanol–water partition coefficient (Wildman–Crippen LogP) is 2.41. The van der Waals surface area contributed by atoms with Gasteiger partial charge in [0.1, 0.15) is 17.3 Å². The van der Waals surface area contributed by atoms with Gasteiger partial charge in [0.15, 0.2) is 0 Å². The van der Waals surface area contributed by atoms with Gasteiger partial charge in [-0.1, -0.05) is 12.8 Å². The number of phenols is 1. The SMILES string of the molecule is Cc1nc(N[C@@H]2CCCC[C@H]2O)nnc1-c1ccc(F)cc1O. The summed E-state index contributed by atoms with van der Waals surface area (Å²) in [6, 6.07) is 3.65. The molecule has 1 heterocycles. The van der Waals surface area contributed by atoms with Crippen LogP contribution in [-0.4, -0.2) is 37.5 Å². The standard InChI is InChI=1S/C16H19FN4O2/c1-9-15(11-7-6-10(17)8-14(11)23)20-21-16(18-9)19-12-4-2-3-5-13(12)22/h6-8,12-13,22-23H,2-5H2,1H3,(H,18,19,21)/t12-,13-/m1/s1. The molecule has 0 aliphatic heterocycles.